The SMILES string of the molecule is FC(F)(F)c1ccc(CC2(CCl)CC3CCC2C3)cc1. The number of hydrogen-bond acceptors (Lipinski definition) is 0. The van der Waals surface area contributed by atoms with E-state index in [2.05, 4.69) is 0 Å². The monoisotopic (exact) mass is 302 g/mol. The van der Waals surface area contributed by atoms with Gasteiger partial charge in [0.1, 0.15) is 0 Å². The van der Waals surface area contributed by atoms with Crippen molar-refractivity contribution in [2.24, 2.45) is 17.3 Å². The van der Waals surface area contributed by atoms with Crippen molar-refractivity contribution in [3.63, 3.8) is 0 Å². The summed E-state index contributed by atoms with van der Waals surface area (Å²) in [5.41, 5.74) is 0.518. The van der Waals surface area contributed by atoms with Crippen molar-refractivity contribution < 1.29 is 13.2 Å². The van der Waals surface area contributed by atoms with Gasteiger partial charge in [0, 0.05) is 5.88 Å². The molecule has 2 bridgehead atoms. The number of benzene rings is 1. The highest BCUT2D eigenvalue weighted by Gasteiger charge is 2.50. The van der Waals surface area contributed by atoms with Gasteiger partial charge in [-0.2, -0.15) is 13.2 Å². The van der Waals surface area contributed by atoms with Crippen LogP contribution in [0.4, 0.5) is 13.2 Å². The molecular weight excluding hydrogens is 285 g/mol. The molecule has 0 radical (unpaired) electrons. The number of fused-ring (bicyclic) bond motifs is 2. The topological polar surface area (TPSA) is 0 Å². The molecule has 0 amide bonds. The minimum atomic E-state index is -4.25. The van der Waals surface area contributed by atoms with Crippen LogP contribution in [0.5, 0.6) is 0 Å². The predicted molar refractivity (Wildman–Crippen MR) is 73.7 cm³/mol. The third-order valence-corrected chi connectivity index (χ3v) is 5.74. The Kier molecular flexibility index (Phi) is 3.52. The fourth-order valence-corrected chi connectivity index (χ4v) is 4.63. The van der Waals surface area contributed by atoms with Gasteiger partial charge >= 0.3 is 6.18 Å². The molecule has 2 fully saturated rings. The van der Waals surface area contributed by atoms with E-state index < -0.39 is 11.7 Å². The molecule has 0 heterocycles. The van der Waals surface area contributed by atoms with Crippen molar-refractivity contribution in [1.29, 1.82) is 0 Å². The van der Waals surface area contributed by atoms with Gasteiger partial charge in [0.25, 0.3) is 0 Å². The average molecular weight is 303 g/mol. The predicted octanol–water partition coefficient (Wildman–Crippen LogP) is 5.29. The van der Waals surface area contributed by atoms with Gasteiger partial charge < -0.3 is 0 Å². The van der Waals surface area contributed by atoms with Crippen molar-refractivity contribution in [1.82, 2.24) is 0 Å². The van der Waals surface area contributed by atoms with Crippen molar-refractivity contribution in [3.05, 3.63) is 35.4 Å². The fraction of sp³-hybridized carbons (Fsp3) is 0.625. The molecule has 20 heavy (non-hydrogen) atoms. The van der Waals surface area contributed by atoms with Crippen LogP contribution >= 0.6 is 11.6 Å². The molecule has 1 aromatic carbocycles. The Bertz CT molecular complexity index is 479. The van der Waals surface area contributed by atoms with Crippen LogP contribution in [0.2, 0.25) is 0 Å². The summed E-state index contributed by atoms with van der Waals surface area (Å²) in [4.78, 5) is 0. The molecule has 110 valence electrons. The maximum atomic E-state index is 12.6. The van der Waals surface area contributed by atoms with Gasteiger partial charge in [-0.25, -0.2) is 0 Å². The lowest BCUT2D eigenvalue weighted by Gasteiger charge is -2.36. The lowest BCUT2D eigenvalue weighted by atomic mass is 9.71. The van der Waals surface area contributed by atoms with E-state index >= 15 is 0 Å². The lowest BCUT2D eigenvalue weighted by molar-refractivity contribution is -0.137. The molecule has 0 nitrogen and oxygen atoms in total. The van der Waals surface area contributed by atoms with Crippen LogP contribution in [0.1, 0.15) is 36.8 Å². The average Bonchev–Trinajstić information content (AvgIpc) is 2.99. The van der Waals surface area contributed by atoms with E-state index in [0.29, 0.717) is 11.8 Å². The van der Waals surface area contributed by atoms with E-state index in [1.165, 1.54) is 31.4 Å². The molecule has 0 aliphatic heterocycles. The number of rotatable bonds is 3. The summed E-state index contributed by atoms with van der Waals surface area (Å²) in [6.07, 6.45) is 1.49. The quantitative estimate of drug-likeness (QED) is 0.665. The summed E-state index contributed by atoms with van der Waals surface area (Å²) < 4.78 is 37.7. The zero-order valence-corrected chi connectivity index (χ0v) is 12.0. The van der Waals surface area contributed by atoms with E-state index in [1.807, 2.05) is 0 Å². The van der Waals surface area contributed by atoms with Crippen LogP contribution in [0.3, 0.4) is 0 Å². The third kappa shape index (κ3) is 2.45. The maximum Gasteiger partial charge on any atom is 0.416 e. The minimum absolute atomic E-state index is 0.115. The molecule has 2 saturated carbocycles. The highest BCUT2D eigenvalue weighted by atomic mass is 35.5. The third-order valence-electron chi connectivity index (χ3n) is 5.21. The van der Waals surface area contributed by atoms with Crippen LogP contribution in [-0.2, 0) is 12.6 Å². The first-order chi connectivity index (χ1) is 9.43. The van der Waals surface area contributed by atoms with E-state index in [1.54, 1.807) is 12.1 Å². The summed E-state index contributed by atoms with van der Waals surface area (Å²) >= 11 is 6.23. The molecular formula is C16H18ClF3. The Labute approximate surface area is 122 Å². The number of hydrogen-bond donors (Lipinski definition) is 0. The second-order valence-corrected chi connectivity index (χ2v) is 6.71. The Balaban J connectivity index is 1.77. The minimum Gasteiger partial charge on any atom is -0.166 e. The van der Waals surface area contributed by atoms with Crippen molar-refractivity contribution >= 4 is 11.6 Å². The lowest BCUT2D eigenvalue weighted by Crippen LogP contribution is -2.32. The number of alkyl halides is 4. The van der Waals surface area contributed by atoms with Crippen molar-refractivity contribution in [2.45, 2.75) is 38.3 Å². The first kappa shape index (κ1) is 14.2. The summed E-state index contributed by atoms with van der Waals surface area (Å²) in [5.74, 6) is 2.07. The van der Waals surface area contributed by atoms with Gasteiger partial charge in [0.05, 0.1) is 5.56 Å². The van der Waals surface area contributed by atoms with Gasteiger partial charge in [-0.15, -0.1) is 11.6 Å². The Morgan fingerprint density at radius 1 is 1.15 bits per heavy atom. The Morgan fingerprint density at radius 3 is 2.30 bits per heavy atom. The molecule has 3 atom stereocenters. The molecule has 4 heteroatoms. The molecule has 3 rings (SSSR count). The van der Waals surface area contributed by atoms with Gasteiger partial charge in [-0.3, -0.25) is 0 Å². The van der Waals surface area contributed by atoms with E-state index in [9.17, 15) is 13.2 Å². The molecule has 1 aromatic rings. The van der Waals surface area contributed by atoms with Gasteiger partial charge in [-0.1, -0.05) is 18.6 Å². The van der Waals surface area contributed by atoms with Crippen molar-refractivity contribution in [3.8, 4) is 0 Å². The van der Waals surface area contributed by atoms with Gasteiger partial charge in [-0.05, 0) is 60.6 Å². The number of halogens is 4. The molecule has 0 N–H and O–H groups in total. The summed E-state index contributed by atoms with van der Waals surface area (Å²) in [6.45, 7) is 0. The molecule has 2 aliphatic carbocycles. The summed E-state index contributed by atoms with van der Waals surface area (Å²) in [5, 5.41) is 0. The molecule has 0 aromatic heterocycles. The zero-order valence-electron chi connectivity index (χ0n) is 11.2. The Hall–Kier alpha value is -0.700. The highest BCUT2D eigenvalue weighted by molar-refractivity contribution is 6.18. The summed E-state index contributed by atoms with van der Waals surface area (Å²) in [7, 11) is 0. The van der Waals surface area contributed by atoms with Crippen LogP contribution in [-0.4, -0.2) is 5.88 Å². The second-order valence-electron chi connectivity index (χ2n) is 6.45. The first-order valence-corrected chi connectivity index (χ1v) is 7.68. The van der Waals surface area contributed by atoms with Crippen molar-refractivity contribution in [2.75, 3.05) is 5.88 Å². The molecule has 0 saturated heterocycles. The van der Waals surface area contributed by atoms with E-state index in [-0.39, 0.29) is 5.41 Å². The molecule has 0 spiro atoms. The van der Waals surface area contributed by atoms with E-state index in [0.717, 1.165) is 24.3 Å². The van der Waals surface area contributed by atoms with Gasteiger partial charge in [0.15, 0.2) is 0 Å². The van der Waals surface area contributed by atoms with Crippen LogP contribution < -0.4 is 0 Å². The Morgan fingerprint density at radius 2 is 1.85 bits per heavy atom. The summed E-state index contributed by atoms with van der Waals surface area (Å²) in [6, 6.07) is 5.60. The largest absolute Gasteiger partial charge is 0.416 e. The van der Waals surface area contributed by atoms with Crippen LogP contribution in [0.15, 0.2) is 24.3 Å². The molecule has 2 aliphatic rings. The standard InChI is InChI=1S/C16H18ClF3/c17-10-15(9-12-3-6-14(15)7-12)8-11-1-4-13(5-2-11)16(18,19)20/h1-2,4-5,12,14H,3,6-10H2. The fourth-order valence-electron chi connectivity index (χ4n) is 4.20. The smallest absolute Gasteiger partial charge is 0.166 e. The van der Waals surface area contributed by atoms with Crippen LogP contribution in [0.25, 0.3) is 0 Å². The normalized spacial score (nSPS) is 32.8. The maximum absolute atomic E-state index is 12.6. The molecule has 3 unspecified atom stereocenters. The first-order valence-electron chi connectivity index (χ1n) is 7.15. The van der Waals surface area contributed by atoms with E-state index in [4.69, 9.17) is 11.6 Å². The zero-order chi connectivity index (χ0) is 14.4. The highest BCUT2D eigenvalue weighted by Crippen LogP contribution is 2.57. The van der Waals surface area contributed by atoms with Gasteiger partial charge in [0.2, 0.25) is 0 Å². The second kappa shape index (κ2) is 4.94. The van der Waals surface area contributed by atoms with Crippen LogP contribution in [0, 0.1) is 17.3 Å².